The van der Waals surface area contributed by atoms with Gasteiger partial charge in [0.25, 0.3) is 0 Å². The fourth-order valence-electron chi connectivity index (χ4n) is 3.88. The first-order valence-corrected chi connectivity index (χ1v) is 11.4. The minimum atomic E-state index is -3.54. The Balaban J connectivity index is 1.46. The molecule has 1 saturated heterocycles. The summed E-state index contributed by atoms with van der Waals surface area (Å²) < 4.78 is 27.2. The fraction of sp³-hybridized carbons (Fsp3) is 0.381. The molecule has 0 unspecified atom stereocenters. The van der Waals surface area contributed by atoms with Crippen LogP contribution in [0.5, 0.6) is 0 Å². The van der Waals surface area contributed by atoms with Crippen molar-refractivity contribution in [2.24, 2.45) is 0 Å². The smallest absolute Gasteiger partial charge is 0.243 e. The number of halogens is 1. The topological polar surface area (TPSA) is 66.5 Å². The number of hydrogen-bond donors (Lipinski definition) is 1. The molecule has 1 heterocycles. The molecule has 2 aliphatic rings. The first kappa shape index (κ1) is 19.4. The highest BCUT2D eigenvalue weighted by Crippen LogP contribution is 2.48. The average molecular weight is 419 g/mol. The lowest BCUT2D eigenvalue weighted by Gasteiger charge is -2.33. The summed E-state index contributed by atoms with van der Waals surface area (Å²) in [6, 6.07) is 15.7. The summed E-state index contributed by atoms with van der Waals surface area (Å²) in [6.07, 6.45) is 3.12. The minimum Gasteiger partial charge on any atom is -0.351 e. The largest absolute Gasteiger partial charge is 0.351 e. The van der Waals surface area contributed by atoms with Crippen LogP contribution in [0.1, 0.15) is 31.2 Å². The molecule has 2 aromatic rings. The van der Waals surface area contributed by atoms with Crippen molar-refractivity contribution >= 4 is 27.5 Å². The van der Waals surface area contributed by atoms with E-state index in [1.807, 2.05) is 12.1 Å². The van der Waals surface area contributed by atoms with Crippen LogP contribution in [0.15, 0.2) is 59.5 Å². The van der Waals surface area contributed by atoms with Gasteiger partial charge in [0.05, 0.1) is 10.3 Å². The van der Waals surface area contributed by atoms with Crippen LogP contribution < -0.4 is 5.32 Å². The van der Waals surface area contributed by atoms with Gasteiger partial charge in [-0.1, -0.05) is 41.9 Å². The maximum Gasteiger partial charge on any atom is 0.243 e. The number of carbonyl (C=O) groups is 1. The van der Waals surface area contributed by atoms with Gasteiger partial charge < -0.3 is 5.32 Å². The Kier molecular flexibility index (Phi) is 5.21. The van der Waals surface area contributed by atoms with Crippen LogP contribution >= 0.6 is 11.6 Å². The van der Waals surface area contributed by atoms with E-state index in [2.05, 4.69) is 5.32 Å². The van der Waals surface area contributed by atoms with Crippen LogP contribution in [0.25, 0.3) is 0 Å². The Morgan fingerprint density at radius 1 is 1.07 bits per heavy atom. The number of amides is 1. The highest BCUT2D eigenvalue weighted by Gasteiger charge is 2.51. The standard InChI is InChI=1S/C21H23ClN2O3S/c22-17-10-8-16(9-11-17)21(12-13-21)20(25)23-18-5-4-14-24(15-18)28(26,27)19-6-2-1-3-7-19/h1-3,6-11,18H,4-5,12-15H2,(H,23,25)/t18-/m0/s1. The molecular weight excluding hydrogens is 396 g/mol. The number of hydrogen-bond acceptors (Lipinski definition) is 3. The number of carbonyl (C=O) groups excluding carboxylic acids is 1. The Hall–Kier alpha value is -1.89. The maximum atomic E-state index is 13.0. The molecule has 0 aromatic heterocycles. The zero-order chi connectivity index (χ0) is 19.8. The summed E-state index contributed by atoms with van der Waals surface area (Å²) >= 11 is 5.96. The fourth-order valence-corrected chi connectivity index (χ4v) is 5.56. The van der Waals surface area contributed by atoms with Gasteiger partial charge in [-0.2, -0.15) is 4.31 Å². The number of nitrogens with one attached hydrogen (secondary N) is 1. The molecule has 1 saturated carbocycles. The van der Waals surface area contributed by atoms with Crippen LogP contribution in [-0.4, -0.2) is 37.8 Å². The highest BCUT2D eigenvalue weighted by atomic mass is 35.5. The Morgan fingerprint density at radius 3 is 2.39 bits per heavy atom. The molecule has 0 bridgehead atoms. The van der Waals surface area contributed by atoms with E-state index in [1.54, 1.807) is 42.5 Å². The van der Waals surface area contributed by atoms with Crippen LogP contribution in [0, 0.1) is 0 Å². The molecule has 28 heavy (non-hydrogen) atoms. The number of sulfonamides is 1. The summed E-state index contributed by atoms with van der Waals surface area (Å²) in [7, 11) is -3.54. The number of nitrogens with zero attached hydrogens (tertiary/aromatic N) is 1. The Bertz CT molecular complexity index is 957. The van der Waals surface area contributed by atoms with E-state index >= 15 is 0 Å². The van der Waals surface area contributed by atoms with Crippen LogP contribution in [0.3, 0.4) is 0 Å². The van der Waals surface area contributed by atoms with Crippen molar-refractivity contribution in [3.63, 3.8) is 0 Å². The normalized spacial score (nSPS) is 21.8. The maximum absolute atomic E-state index is 13.0. The molecule has 4 rings (SSSR count). The zero-order valence-corrected chi connectivity index (χ0v) is 17.0. The quantitative estimate of drug-likeness (QED) is 0.809. The van der Waals surface area contributed by atoms with E-state index in [0.29, 0.717) is 23.0 Å². The SMILES string of the molecule is O=C(N[C@H]1CCCN(S(=O)(=O)c2ccccc2)C1)C1(c2ccc(Cl)cc2)CC1. The number of benzene rings is 2. The van der Waals surface area contributed by atoms with Crippen molar-refractivity contribution in [2.75, 3.05) is 13.1 Å². The second-order valence-electron chi connectivity index (χ2n) is 7.58. The van der Waals surface area contributed by atoms with E-state index in [0.717, 1.165) is 31.2 Å². The van der Waals surface area contributed by atoms with Gasteiger partial charge in [0.1, 0.15) is 0 Å². The summed E-state index contributed by atoms with van der Waals surface area (Å²) in [4.78, 5) is 13.3. The molecular formula is C21H23ClN2O3S. The molecule has 1 atom stereocenters. The molecule has 1 amide bonds. The average Bonchev–Trinajstić information content (AvgIpc) is 3.51. The van der Waals surface area contributed by atoms with E-state index in [9.17, 15) is 13.2 Å². The van der Waals surface area contributed by atoms with E-state index in [1.165, 1.54) is 4.31 Å². The van der Waals surface area contributed by atoms with Crippen molar-refractivity contribution < 1.29 is 13.2 Å². The molecule has 1 aliphatic carbocycles. The summed E-state index contributed by atoms with van der Waals surface area (Å²) in [6.45, 7) is 0.783. The van der Waals surface area contributed by atoms with Crippen LogP contribution in [0.4, 0.5) is 0 Å². The van der Waals surface area contributed by atoms with E-state index in [-0.39, 0.29) is 11.9 Å². The van der Waals surface area contributed by atoms with Gasteiger partial charge in [-0.3, -0.25) is 4.79 Å². The summed E-state index contributed by atoms with van der Waals surface area (Å²) in [5.41, 5.74) is 0.476. The summed E-state index contributed by atoms with van der Waals surface area (Å²) in [5.74, 6) is -0.0150. The Labute approximate surface area is 170 Å². The third-order valence-corrected chi connectivity index (χ3v) is 7.81. The second-order valence-corrected chi connectivity index (χ2v) is 9.95. The van der Waals surface area contributed by atoms with Crippen LogP contribution in [0.2, 0.25) is 5.02 Å². The lowest BCUT2D eigenvalue weighted by molar-refractivity contribution is -0.124. The van der Waals surface area contributed by atoms with Gasteiger partial charge in [0.15, 0.2) is 0 Å². The van der Waals surface area contributed by atoms with Crippen molar-refractivity contribution in [3.05, 3.63) is 65.2 Å². The summed E-state index contributed by atoms with van der Waals surface area (Å²) in [5, 5.41) is 3.76. The number of rotatable bonds is 5. The van der Waals surface area contributed by atoms with Gasteiger partial charge in [0.2, 0.25) is 15.9 Å². The van der Waals surface area contributed by atoms with Gasteiger partial charge in [0, 0.05) is 24.2 Å². The molecule has 7 heteroatoms. The predicted octanol–water partition coefficient (Wildman–Crippen LogP) is 3.34. The molecule has 2 aromatic carbocycles. The minimum absolute atomic E-state index is 0.0150. The highest BCUT2D eigenvalue weighted by molar-refractivity contribution is 7.89. The van der Waals surface area contributed by atoms with Gasteiger partial charge in [-0.25, -0.2) is 8.42 Å². The molecule has 2 fully saturated rings. The van der Waals surface area contributed by atoms with Crippen molar-refractivity contribution in [2.45, 2.75) is 42.0 Å². The van der Waals surface area contributed by atoms with E-state index < -0.39 is 15.4 Å². The Morgan fingerprint density at radius 2 is 1.75 bits per heavy atom. The lowest BCUT2D eigenvalue weighted by Crippen LogP contribution is -2.51. The third-order valence-electron chi connectivity index (χ3n) is 5.68. The first-order chi connectivity index (χ1) is 13.4. The second kappa shape index (κ2) is 7.50. The monoisotopic (exact) mass is 418 g/mol. The molecule has 0 spiro atoms. The third kappa shape index (κ3) is 3.69. The zero-order valence-electron chi connectivity index (χ0n) is 15.5. The molecule has 148 valence electrons. The molecule has 5 nitrogen and oxygen atoms in total. The predicted molar refractivity (Wildman–Crippen MR) is 109 cm³/mol. The first-order valence-electron chi connectivity index (χ1n) is 9.54. The van der Waals surface area contributed by atoms with Crippen molar-refractivity contribution in [1.82, 2.24) is 9.62 Å². The van der Waals surface area contributed by atoms with Crippen molar-refractivity contribution in [3.8, 4) is 0 Å². The molecule has 1 aliphatic heterocycles. The van der Waals surface area contributed by atoms with Gasteiger partial charge in [-0.15, -0.1) is 0 Å². The van der Waals surface area contributed by atoms with Crippen LogP contribution in [-0.2, 0) is 20.2 Å². The molecule has 0 radical (unpaired) electrons. The van der Waals surface area contributed by atoms with Gasteiger partial charge >= 0.3 is 0 Å². The molecule has 1 N–H and O–H groups in total. The lowest BCUT2D eigenvalue weighted by atomic mass is 9.94. The number of piperidine rings is 1. The van der Waals surface area contributed by atoms with Gasteiger partial charge in [-0.05, 0) is 55.5 Å². The van der Waals surface area contributed by atoms with E-state index in [4.69, 9.17) is 11.6 Å². The van der Waals surface area contributed by atoms with Crippen molar-refractivity contribution in [1.29, 1.82) is 0 Å².